The van der Waals surface area contributed by atoms with E-state index in [0.717, 1.165) is 0 Å². The van der Waals surface area contributed by atoms with Crippen molar-refractivity contribution in [2.75, 3.05) is 7.11 Å². The molecular weight excluding hydrogens is 220 g/mol. The van der Waals surface area contributed by atoms with E-state index in [0.29, 0.717) is 12.8 Å². The second-order valence-electron chi connectivity index (χ2n) is 6.11. The Morgan fingerprint density at radius 3 is 2.29 bits per heavy atom. The number of rotatable bonds is 2. The number of hydrogen-bond acceptors (Lipinski definition) is 4. The van der Waals surface area contributed by atoms with Gasteiger partial charge in [-0.2, -0.15) is 0 Å². The summed E-state index contributed by atoms with van der Waals surface area (Å²) in [6.45, 7) is 9.11. The first-order valence-corrected chi connectivity index (χ1v) is 6.04. The molecule has 0 aromatic heterocycles. The predicted octanol–water partition coefficient (Wildman–Crippen LogP) is 1.89. The normalized spacial score (nSPS) is 33.2. The molecule has 4 heteroatoms. The number of carbonyl (C=O) groups excluding carboxylic acids is 1. The molecule has 2 unspecified atom stereocenters. The molecule has 0 aliphatic carbocycles. The number of aliphatic hydroxyl groups is 1. The molecule has 1 N–H and O–H groups in total. The van der Waals surface area contributed by atoms with Gasteiger partial charge in [-0.15, -0.1) is 0 Å². The van der Waals surface area contributed by atoms with E-state index in [1.807, 2.05) is 20.8 Å². The molecule has 0 radical (unpaired) electrons. The summed E-state index contributed by atoms with van der Waals surface area (Å²) in [4.78, 5) is 11.7. The van der Waals surface area contributed by atoms with Gasteiger partial charge in [0.05, 0.1) is 29.8 Å². The van der Waals surface area contributed by atoms with Gasteiger partial charge >= 0.3 is 5.97 Å². The number of methoxy groups -OCH3 is 1. The molecule has 1 aliphatic heterocycles. The Balaban J connectivity index is 2.93. The largest absolute Gasteiger partial charge is 0.469 e. The van der Waals surface area contributed by atoms with Crippen LogP contribution in [-0.4, -0.2) is 35.0 Å². The number of esters is 1. The molecule has 1 rings (SSSR count). The third-order valence-electron chi connectivity index (χ3n) is 4.02. The zero-order chi connectivity index (χ0) is 13.5. The van der Waals surface area contributed by atoms with Crippen molar-refractivity contribution < 1.29 is 19.4 Å². The summed E-state index contributed by atoms with van der Waals surface area (Å²) in [7, 11) is 1.39. The molecule has 0 aromatic carbocycles. The molecule has 1 heterocycles. The van der Waals surface area contributed by atoms with Gasteiger partial charge in [-0.1, -0.05) is 0 Å². The van der Waals surface area contributed by atoms with Crippen LogP contribution in [0.25, 0.3) is 0 Å². The maximum absolute atomic E-state index is 11.7. The average Bonchev–Trinajstić information content (AvgIpc) is 2.13. The van der Waals surface area contributed by atoms with E-state index in [1.165, 1.54) is 7.11 Å². The fourth-order valence-electron chi connectivity index (χ4n) is 2.44. The fraction of sp³-hybridized carbons (Fsp3) is 0.923. The highest BCUT2D eigenvalue weighted by Crippen LogP contribution is 2.44. The second-order valence-corrected chi connectivity index (χ2v) is 6.11. The Kier molecular flexibility index (Phi) is 3.61. The molecule has 0 spiro atoms. The van der Waals surface area contributed by atoms with Gasteiger partial charge in [-0.3, -0.25) is 4.79 Å². The minimum absolute atomic E-state index is 0.243. The Morgan fingerprint density at radius 1 is 1.41 bits per heavy atom. The minimum Gasteiger partial charge on any atom is -0.469 e. The van der Waals surface area contributed by atoms with Gasteiger partial charge in [0.2, 0.25) is 0 Å². The van der Waals surface area contributed by atoms with E-state index in [-0.39, 0.29) is 11.9 Å². The molecule has 1 aliphatic rings. The van der Waals surface area contributed by atoms with Crippen LogP contribution in [0, 0.1) is 5.92 Å². The summed E-state index contributed by atoms with van der Waals surface area (Å²) in [5.74, 6) is -0.518. The summed E-state index contributed by atoms with van der Waals surface area (Å²) in [6, 6.07) is 0. The first-order chi connectivity index (χ1) is 7.53. The molecule has 0 aromatic rings. The van der Waals surface area contributed by atoms with Crippen LogP contribution in [0.15, 0.2) is 0 Å². The van der Waals surface area contributed by atoms with Crippen LogP contribution in [0.1, 0.15) is 47.5 Å². The summed E-state index contributed by atoms with van der Waals surface area (Å²) in [5.41, 5.74) is -2.20. The van der Waals surface area contributed by atoms with Crippen molar-refractivity contribution in [1.29, 1.82) is 0 Å². The van der Waals surface area contributed by atoms with Gasteiger partial charge in [0.15, 0.2) is 0 Å². The smallest absolute Gasteiger partial charge is 0.311 e. The molecule has 4 nitrogen and oxygen atoms in total. The molecule has 0 bridgehead atoms. The lowest BCUT2D eigenvalue weighted by atomic mass is 9.73. The van der Waals surface area contributed by atoms with Crippen molar-refractivity contribution in [3.63, 3.8) is 0 Å². The Morgan fingerprint density at radius 2 is 1.94 bits per heavy atom. The van der Waals surface area contributed by atoms with Crippen LogP contribution in [-0.2, 0) is 14.3 Å². The van der Waals surface area contributed by atoms with Crippen LogP contribution in [0.4, 0.5) is 0 Å². The minimum atomic E-state index is -0.939. The van der Waals surface area contributed by atoms with Crippen LogP contribution < -0.4 is 0 Å². The number of carbonyl (C=O) groups is 1. The number of ether oxygens (including phenoxy) is 2. The van der Waals surface area contributed by atoms with Crippen molar-refractivity contribution >= 4 is 5.97 Å². The maximum Gasteiger partial charge on any atom is 0.311 e. The number of hydrogen-bond donors (Lipinski definition) is 1. The topological polar surface area (TPSA) is 55.8 Å². The zero-order valence-corrected chi connectivity index (χ0v) is 11.7. The van der Waals surface area contributed by atoms with Crippen LogP contribution in [0.2, 0.25) is 0 Å². The Hall–Kier alpha value is -0.610. The summed E-state index contributed by atoms with van der Waals surface area (Å²) in [5, 5.41) is 10.2. The van der Waals surface area contributed by atoms with Crippen LogP contribution >= 0.6 is 0 Å². The fourth-order valence-corrected chi connectivity index (χ4v) is 2.44. The first kappa shape index (κ1) is 14.5. The Bertz CT molecular complexity index is 303. The van der Waals surface area contributed by atoms with Gasteiger partial charge in [-0.05, 0) is 47.5 Å². The molecule has 1 fully saturated rings. The highest BCUT2D eigenvalue weighted by atomic mass is 16.6. The average molecular weight is 244 g/mol. The van der Waals surface area contributed by atoms with E-state index in [2.05, 4.69) is 0 Å². The molecule has 1 saturated heterocycles. The van der Waals surface area contributed by atoms with E-state index in [9.17, 15) is 9.90 Å². The first-order valence-electron chi connectivity index (χ1n) is 6.04. The highest BCUT2D eigenvalue weighted by Gasteiger charge is 2.52. The lowest BCUT2D eigenvalue weighted by Gasteiger charge is -2.51. The Labute approximate surface area is 103 Å². The van der Waals surface area contributed by atoms with E-state index < -0.39 is 16.8 Å². The van der Waals surface area contributed by atoms with E-state index in [1.54, 1.807) is 13.8 Å². The third kappa shape index (κ3) is 2.63. The third-order valence-corrected chi connectivity index (χ3v) is 4.02. The molecule has 17 heavy (non-hydrogen) atoms. The SMILES string of the molecule is COC(=O)C1CCC(C)(C(C)(C)O)OC1(C)C. The van der Waals surface area contributed by atoms with Crippen molar-refractivity contribution in [1.82, 2.24) is 0 Å². The van der Waals surface area contributed by atoms with E-state index in [4.69, 9.17) is 9.47 Å². The van der Waals surface area contributed by atoms with Crippen LogP contribution in [0.3, 0.4) is 0 Å². The zero-order valence-electron chi connectivity index (χ0n) is 11.7. The van der Waals surface area contributed by atoms with E-state index >= 15 is 0 Å². The molecule has 2 atom stereocenters. The van der Waals surface area contributed by atoms with Gasteiger partial charge in [-0.25, -0.2) is 0 Å². The van der Waals surface area contributed by atoms with Crippen molar-refractivity contribution in [2.45, 2.75) is 64.3 Å². The predicted molar refractivity (Wildman–Crippen MR) is 64.6 cm³/mol. The molecule has 100 valence electrons. The van der Waals surface area contributed by atoms with Gasteiger partial charge in [0.25, 0.3) is 0 Å². The molecular formula is C13H24O4. The van der Waals surface area contributed by atoms with Crippen molar-refractivity contribution in [2.24, 2.45) is 5.92 Å². The second kappa shape index (κ2) is 4.25. The highest BCUT2D eigenvalue weighted by molar-refractivity contribution is 5.73. The summed E-state index contributed by atoms with van der Waals surface area (Å²) >= 11 is 0. The molecule has 0 saturated carbocycles. The van der Waals surface area contributed by atoms with Crippen molar-refractivity contribution in [3.05, 3.63) is 0 Å². The lowest BCUT2D eigenvalue weighted by Crippen LogP contribution is -2.60. The van der Waals surface area contributed by atoms with Crippen molar-refractivity contribution in [3.8, 4) is 0 Å². The monoisotopic (exact) mass is 244 g/mol. The van der Waals surface area contributed by atoms with Gasteiger partial charge in [0.1, 0.15) is 0 Å². The maximum atomic E-state index is 11.7. The van der Waals surface area contributed by atoms with Gasteiger partial charge < -0.3 is 14.6 Å². The van der Waals surface area contributed by atoms with Crippen LogP contribution in [0.5, 0.6) is 0 Å². The summed E-state index contributed by atoms with van der Waals surface area (Å²) < 4.78 is 10.8. The quantitative estimate of drug-likeness (QED) is 0.754. The van der Waals surface area contributed by atoms with Gasteiger partial charge in [0, 0.05) is 0 Å². The molecule has 0 amide bonds. The standard InChI is InChI=1S/C13H24O4/c1-11(2)9(10(14)16-6)7-8-13(5,17-11)12(3,4)15/h9,15H,7-8H2,1-6H3. The lowest BCUT2D eigenvalue weighted by molar-refractivity contribution is -0.255. The summed E-state index contributed by atoms with van der Waals surface area (Å²) in [6.07, 6.45) is 1.31.